The van der Waals surface area contributed by atoms with Crippen LogP contribution in [-0.4, -0.2) is 9.97 Å². The molecule has 0 bridgehead atoms. The van der Waals surface area contributed by atoms with E-state index in [2.05, 4.69) is 54.1 Å². The van der Waals surface area contributed by atoms with E-state index in [9.17, 15) is 0 Å². The first-order valence-electron chi connectivity index (χ1n) is 17.9. The van der Waals surface area contributed by atoms with Crippen molar-refractivity contribution >= 4 is 21.9 Å². The maximum Gasteiger partial charge on any atom is 0.138 e. The van der Waals surface area contributed by atoms with Crippen LogP contribution in [-0.2, 0) is 20.1 Å². The van der Waals surface area contributed by atoms with Crippen molar-refractivity contribution in [3.05, 3.63) is 143 Å². The number of para-hydroxylation sites is 1. The first-order valence-corrected chi connectivity index (χ1v) is 13.4. The van der Waals surface area contributed by atoms with Gasteiger partial charge in [-0.2, -0.15) is 0 Å². The quantitative estimate of drug-likeness (QED) is 0.169. The minimum Gasteiger partial charge on any atom is -0.456 e. The molecular formula is C39H32IrN2O-2. The molecule has 3 aromatic heterocycles. The Bertz CT molecular complexity index is 2250. The molecule has 0 fully saturated rings. The number of benzene rings is 4. The van der Waals surface area contributed by atoms with Crippen LogP contribution in [0.4, 0.5) is 0 Å². The van der Waals surface area contributed by atoms with Crippen LogP contribution >= 0.6 is 0 Å². The third kappa shape index (κ3) is 6.37. The minimum atomic E-state index is -2.18. The summed E-state index contributed by atoms with van der Waals surface area (Å²) < 4.78 is 72.3. The van der Waals surface area contributed by atoms with Crippen LogP contribution < -0.4 is 0 Å². The van der Waals surface area contributed by atoms with E-state index in [1.807, 2.05) is 30.3 Å². The Hall–Kier alpha value is -4.37. The number of hydrogen-bond acceptors (Lipinski definition) is 3. The molecule has 0 aliphatic carbocycles. The Morgan fingerprint density at radius 2 is 1.30 bits per heavy atom. The minimum absolute atomic E-state index is 0. The second kappa shape index (κ2) is 12.9. The van der Waals surface area contributed by atoms with Crippen molar-refractivity contribution in [2.24, 2.45) is 0 Å². The van der Waals surface area contributed by atoms with Crippen LogP contribution in [0.25, 0.3) is 55.6 Å². The van der Waals surface area contributed by atoms with E-state index < -0.39 is 20.6 Å². The molecule has 215 valence electrons. The van der Waals surface area contributed by atoms with E-state index in [0.29, 0.717) is 17.0 Å². The molecule has 0 aliphatic heterocycles. The van der Waals surface area contributed by atoms with Crippen LogP contribution in [0.2, 0.25) is 0 Å². The predicted octanol–water partition coefficient (Wildman–Crippen LogP) is 10.2. The molecule has 1 radical (unpaired) electrons. The summed E-state index contributed by atoms with van der Waals surface area (Å²) in [5, 5.41) is 2.26. The van der Waals surface area contributed by atoms with Gasteiger partial charge in [0.2, 0.25) is 0 Å². The number of furan rings is 1. The van der Waals surface area contributed by atoms with Crippen molar-refractivity contribution < 1.29 is 36.9 Å². The molecule has 7 aromatic rings. The zero-order valence-corrected chi connectivity index (χ0v) is 25.8. The van der Waals surface area contributed by atoms with Crippen molar-refractivity contribution in [2.75, 3.05) is 0 Å². The second-order valence-electron chi connectivity index (χ2n) is 10.0. The normalized spacial score (nSPS) is 14.7. The molecule has 4 heteroatoms. The predicted molar refractivity (Wildman–Crippen MR) is 173 cm³/mol. The molecule has 0 saturated carbocycles. The van der Waals surface area contributed by atoms with Gasteiger partial charge in [-0.1, -0.05) is 66.0 Å². The summed E-state index contributed by atoms with van der Waals surface area (Å²) in [5.74, 6) is 0. The van der Waals surface area contributed by atoms with E-state index in [0.717, 1.165) is 44.2 Å². The summed E-state index contributed by atoms with van der Waals surface area (Å²) >= 11 is 0. The summed E-state index contributed by atoms with van der Waals surface area (Å²) in [6.45, 7) is -2.28. The van der Waals surface area contributed by atoms with E-state index in [4.69, 9.17) is 16.8 Å². The van der Waals surface area contributed by atoms with Crippen molar-refractivity contribution in [1.82, 2.24) is 9.97 Å². The maximum atomic E-state index is 7.48. The van der Waals surface area contributed by atoms with Gasteiger partial charge >= 0.3 is 0 Å². The monoisotopic (exact) mass is 746 g/mol. The van der Waals surface area contributed by atoms with Crippen molar-refractivity contribution in [2.45, 2.75) is 34.4 Å². The fourth-order valence-corrected chi connectivity index (χ4v) is 5.06. The SMILES string of the molecule is [2H]C([2H])([2H])c1c[c-]c(-c2ccc(C([2H])([2H])[2H])cn2)cc1.[2H]C([2H])([2H])c1ccc(-c2[c-]cc(-c3c(C)cc4c(oc5ccccc54)c3C)cc2)nc1.[Ir]. The van der Waals surface area contributed by atoms with E-state index in [1.54, 1.807) is 24.3 Å². The van der Waals surface area contributed by atoms with Gasteiger partial charge in [-0.05, 0) is 67.8 Å². The summed E-state index contributed by atoms with van der Waals surface area (Å²) in [6.07, 6.45) is 2.71. The number of aryl methyl sites for hydroxylation is 5. The second-order valence-corrected chi connectivity index (χ2v) is 10.0. The van der Waals surface area contributed by atoms with Crippen molar-refractivity contribution in [3.8, 4) is 33.6 Å². The fourth-order valence-electron chi connectivity index (χ4n) is 5.06. The Morgan fingerprint density at radius 3 is 1.86 bits per heavy atom. The van der Waals surface area contributed by atoms with Crippen LogP contribution in [0.3, 0.4) is 0 Å². The van der Waals surface area contributed by atoms with Gasteiger partial charge in [-0.3, -0.25) is 0 Å². The maximum absolute atomic E-state index is 7.48. The van der Waals surface area contributed by atoms with Gasteiger partial charge in [0.25, 0.3) is 0 Å². The number of hydrogen-bond donors (Lipinski definition) is 0. The Labute approximate surface area is 279 Å². The molecule has 7 rings (SSSR count). The van der Waals surface area contributed by atoms with Gasteiger partial charge < -0.3 is 14.4 Å². The van der Waals surface area contributed by atoms with Crippen LogP contribution in [0.5, 0.6) is 0 Å². The van der Waals surface area contributed by atoms with Crippen LogP contribution in [0, 0.1) is 46.5 Å². The molecule has 0 unspecified atom stereocenters. The molecule has 3 heterocycles. The number of rotatable bonds is 3. The van der Waals surface area contributed by atoms with Crippen molar-refractivity contribution in [1.29, 1.82) is 0 Å². The van der Waals surface area contributed by atoms with Crippen molar-refractivity contribution in [3.63, 3.8) is 0 Å². The molecule has 0 aliphatic rings. The van der Waals surface area contributed by atoms with Crippen LogP contribution in [0.15, 0.2) is 108 Å². The third-order valence-electron chi connectivity index (χ3n) is 7.10. The first-order chi connectivity index (χ1) is 24.0. The number of fused-ring (bicyclic) bond motifs is 3. The largest absolute Gasteiger partial charge is 0.456 e. The molecule has 0 saturated heterocycles. The van der Waals surface area contributed by atoms with E-state index in [1.165, 1.54) is 36.2 Å². The number of pyridine rings is 2. The molecule has 0 amide bonds. The molecule has 0 spiro atoms. The van der Waals surface area contributed by atoms with E-state index in [-0.39, 0.29) is 36.8 Å². The fraction of sp³-hybridized carbons (Fsp3) is 0.128. The summed E-state index contributed by atoms with van der Waals surface area (Å²) in [5.41, 5.74) is 9.58. The first kappa shape index (κ1) is 20.5. The van der Waals surface area contributed by atoms with Gasteiger partial charge in [0.05, 0.1) is 0 Å². The summed E-state index contributed by atoms with van der Waals surface area (Å²) in [7, 11) is 0. The summed E-state index contributed by atoms with van der Waals surface area (Å²) in [4.78, 5) is 8.39. The van der Waals surface area contributed by atoms with Gasteiger partial charge in [-0.25, -0.2) is 0 Å². The van der Waals surface area contributed by atoms with Gasteiger partial charge in [0.1, 0.15) is 11.2 Å². The average Bonchev–Trinajstić information content (AvgIpc) is 3.47. The smallest absolute Gasteiger partial charge is 0.138 e. The van der Waals surface area contributed by atoms with Gasteiger partial charge in [0.15, 0.2) is 0 Å². The van der Waals surface area contributed by atoms with Crippen LogP contribution in [0.1, 0.15) is 40.2 Å². The number of nitrogens with zero attached hydrogens (tertiary/aromatic N) is 2. The molecule has 4 aromatic carbocycles. The average molecular weight is 746 g/mol. The zero-order chi connectivity index (χ0) is 36.7. The molecule has 3 nitrogen and oxygen atoms in total. The zero-order valence-electron chi connectivity index (χ0n) is 32.5. The van der Waals surface area contributed by atoms with E-state index >= 15 is 0 Å². The molecular weight excluding hydrogens is 705 g/mol. The van der Waals surface area contributed by atoms with Gasteiger partial charge in [0, 0.05) is 55.6 Å². The Morgan fingerprint density at radius 1 is 0.674 bits per heavy atom. The molecule has 43 heavy (non-hydrogen) atoms. The Balaban J connectivity index is 0.000000217. The standard InChI is InChI=1S/C26H20NO.C13H12N.Ir/c1-16-8-13-23(27-15-16)19-9-11-20(12-10-19)25-17(2)14-22-21-6-4-5-7-24(21)28-26(22)18(25)3;1-10-3-6-12(7-4-10)13-8-5-11(2)9-14-13;/h4-9,11-15H,1-3H3;3-6,8-9H,1-2H3;/q2*-1;/i1D3;1D3,2D3;. The molecule has 0 atom stereocenters. The third-order valence-corrected chi connectivity index (χ3v) is 7.10. The number of aromatic nitrogens is 2. The summed E-state index contributed by atoms with van der Waals surface area (Å²) in [6, 6.07) is 33.3. The molecule has 0 N–H and O–H groups in total. The Kier molecular flexibility index (Phi) is 6.14. The topological polar surface area (TPSA) is 38.9 Å². The van der Waals surface area contributed by atoms with Gasteiger partial charge in [-0.15, -0.1) is 65.2 Å².